The molecule has 1 aromatic carbocycles. The number of benzene rings is 1. The lowest BCUT2D eigenvalue weighted by molar-refractivity contribution is 0.0595. The molecule has 5 heteroatoms. The van der Waals surface area contributed by atoms with Crippen LogP contribution in [-0.2, 0) is 24.1 Å². The Kier molecular flexibility index (Phi) is 4.39. The Morgan fingerprint density at radius 3 is 2.74 bits per heavy atom. The number of nitrogens with one attached hydrogen (secondary N) is 1. The molecule has 0 aliphatic carbocycles. The van der Waals surface area contributed by atoms with Crippen molar-refractivity contribution in [2.45, 2.75) is 19.4 Å². The predicted octanol–water partition coefficient (Wildman–Crippen LogP) is 2.59. The summed E-state index contributed by atoms with van der Waals surface area (Å²) in [6.45, 7) is 0.557. The summed E-state index contributed by atoms with van der Waals surface area (Å²) < 4.78 is 4.72. The zero-order chi connectivity index (χ0) is 16.2. The number of fused-ring (bicyclic) bond motifs is 1. The van der Waals surface area contributed by atoms with E-state index < -0.39 is 0 Å². The van der Waals surface area contributed by atoms with Crippen molar-refractivity contribution in [2.75, 3.05) is 7.11 Å². The lowest BCUT2D eigenvalue weighted by Crippen LogP contribution is -2.00. The quantitative estimate of drug-likeness (QED) is 0.710. The summed E-state index contributed by atoms with van der Waals surface area (Å²) in [7, 11) is 1.36. The van der Waals surface area contributed by atoms with Gasteiger partial charge in [-0.05, 0) is 41.7 Å². The largest absolute Gasteiger partial charge is 0.464 e. The van der Waals surface area contributed by atoms with Crippen LogP contribution in [0.25, 0.3) is 11.0 Å². The van der Waals surface area contributed by atoms with Crippen LogP contribution in [0.3, 0.4) is 0 Å². The van der Waals surface area contributed by atoms with E-state index in [4.69, 9.17) is 10.5 Å². The number of methoxy groups -OCH3 is 1. The van der Waals surface area contributed by atoms with Crippen molar-refractivity contribution in [3.8, 4) is 0 Å². The molecular formula is C18H19N3O2. The fraction of sp³-hybridized carbons (Fsp3) is 0.222. The Hall–Kier alpha value is -2.66. The third kappa shape index (κ3) is 3.40. The second-order valence-corrected chi connectivity index (χ2v) is 5.48. The number of nitrogens with two attached hydrogens (primary N) is 1. The SMILES string of the molecule is COC(=O)c1cc2cc(CCc3cccc(CN)c3)cnc2[nH]1. The molecule has 0 radical (unpaired) electrons. The average molecular weight is 309 g/mol. The molecule has 2 aromatic heterocycles. The smallest absolute Gasteiger partial charge is 0.354 e. The average Bonchev–Trinajstić information content (AvgIpc) is 3.02. The van der Waals surface area contributed by atoms with Crippen molar-refractivity contribution in [2.24, 2.45) is 5.73 Å². The molecule has 0 aliphatic heterocycles. The summed E-state index contributed by atoms with van der Waals surface area (Å²) in [5.74, 6) is -0.386. The Bertz CT molecular complexity index is 839. The summed E-state index contributed by atoms with van der Waals surface area (Å²) in [5, 5.41) is 0.915. The van der Waals surface area contributed by atoms with E-state index in [9.17, 15) is 4.79 Å². The van der Waals surface area contributed by atoms with E-state index in [1.54, 1.807) is 6.07 Å². The minimum absolute atomic E-state index is 0.386. The van der Waals surface area contributed by atoms with Gasteiger partial charge in [-0.3, -0.25) is 0 Å². The highest BCUT2D eigenvalue weighted by Crippen LogP contribution is 2.17. The van der Waals surface area contributed by atoms with Crippen LogP contribution < -0.4 is 5.73 Å². The van der Waals surface area contributed by atoms with Gasteiger partial charge in [0.05, 0.1) is 7.11 Å². The molecule has 0 amide bonds. The van der Waals surface area contributed by atoms with Gasteiger partial charge in [-0.1, -0.05) is 24.3 Å². The Morgan fingerprint density at radius 2 is 1.96 bits per heavy atom. The van der Waals surface area contributed by atoms with Crippen LogP contribution in [0.5, 0.6) is 0 Å². The van der Waals surface area contributed by atoms with Gasteiger partial charge in [0.15, 0.2) is 0 Å². The van der Waals surface area contributed by atoms with Crippen LogP contribution in [0.1, 0.15) is 27.2 Å². The van der Waals surface area contributed by atoms with E-state index in [2.05, 4.69) is 28.2 Å². The van der Waals surface area contributed by atoms with Crippen molar-refractivity contribution in [1.82, 2.24) is 9.97 Å². The van der Waals surface area contributed by atoms with Gasteiger partial charge in [0.2, 0.25) is 0 Å². The first-order valence-corrected chi connectivity index (χ1v) is 7.53. The van der Waals surface area contributed by atoms with Gasteiger partial charge in [0.1, 0.15) is 11.3 Å². The predicted molar refractivity (Wildman–Crippen MR) is 89.2 cm³/mol. The van der Waals surface area contributed by atoms with Gasteiger partial charge in [0, 0.05) is 18.1 Å². The van der Waals surface area contributed by atoms with Gasteiger partial charge in [-0.25, -0.2) is 9.78 Å². The normalized spacial score (nSPS) is 10.9. The van der Waals surface area contributed by atoms with Gasteiger partial charge >= 0.3 is 5.97 Å². The number of pyridine rings is 1. The summed E-state index contributed by atoms with van der Waals surface area (Å²) in [5.41, 5.74) is 10.3. The number of aromatic nitrogens is 2. The molecule has 2 heterocycles. The second kappa shape index (κ2) is 6.62. The summed E-state index contributed by atoms with van der Waals surface area (Å²) in [4.78, 5) is 18.9. The van der Waals surface area contributed by atoms with Crippen molar-refractivity contribution < 1.29 is 9.53 Å². The van der Waals surface area contributed by atoms with E-state index in [1.807, 2.05) is 18.3 Å². The summed E-state index contributed by atoms with van der Waals surface area (Å²) >= 11 is 0. The van der Waals surface area contributed by atoms with E-state index in [0.717, 1.165) is 29.4 Å². The minimum Gasteiger partial charge on any atom is -0.464 e. The first kappa shape index (κ1) is 15.2. The zero-order valence-electron chi connectivity index (χ0n) is 13.0. The molecule has 0 saturated carbocycles. The highest BCUT2D eigenvalue weighted by atomic mass is 16.5. The Balaban J connectivity index is 1.76. The van der Waals surface area contributed by atoms with Crippen molar-refractivity contribution in [3.63, 3.8) is 0 Å². The number of aryl methyl sites for hydroxylation is 2. The Morgan fingerprint density at radius 1 is 1.17 bits per heavy atom. The number of hydrogen-bond acceptors (Lipinski definition) is 4. The van der Waals surface area contributed by atoms with Gasteiger partial charge in [-0.15, -0.1) is 0 Å². The summed E-state index contributed by atoms with van der Waals surface area (Å²) in [6.07, 6.45) is 3.65. The number of carbonyl (C=O) groups is 1. The number of nitrogens with zero attached hydrogens (tertiary/aromatic N) is 1. The third-order valence-electron chi connectivity index (χ3n) is 3.86. The molecule has 23 heavy (non-hydrogen) atoms. The van der Waals surface area contributed by atoms with Crippen LogP contribution in [0, 0.1) is 0 Å². The highest BCUT2D eigenvalue weighted by molar-refractivity contribution is 5.93. The van der Waals surface area contributed by atoms with Crippen LogP contribution in [0.4, 0.5) is 0 Å². The van der Waals surface area contributed by atoms with Crippen LogP contribution >= 0.6 is 0 Å². The number of hydrogen-bond donors (Lipinski definition) is 2. The molecule has 3 rings (SSSR count). The second-order valence-electron chi connectivity index (χ2n) is 5.48. The van der Waals surface area contributed by atoms with E-state index in [0.29, 0.717) is 17.9 Å². The topological polar surface area (TPSA) is 81.0 Å². The first-order valence-electron chi connectivity index (χ1n) is 7.53. The zero-order valence-corrected chi connectivity index (χ0v) is 13.0. The number of ether oxygens (including phenoxy) is 1. The minimum atomic E-state index is -0.386. The molecule has 0 aliphatic rings. The monoisotopic (exact) mass is 309 g/mol. The maximum absolute atomic E-state index is 11.5. The molecule has 0 fully saturated rings. The fourth-order valence-electron chi connectivity index (χ4n) is 2.62. The molecule has 0 atom stereocenters. The third-order valence-corrected chi connectivity index (χ3v) is 3.86. The fourth-order valence-corrected chi connectivity index (χ4v) is 2.62. The standard InChI is InChI=1S/C18H19N3O2/c1-23-18(22)16-9-15-8-14(11-20-17(15)21-16)6-5-12-3-2-4-13(7-12)10-19/h2-4,7-9,11H,5-6,10,19H2,1H3,(H,20,21). The maximum Gasteiger partial charge on any atom is 0.354 e. The number of carbonyl (C=O) groups excluding carboxylic acids is 1. The van der Waals surface area contributed by atoms with E-state index in [-0.39, 0.29) is 5.97 Å². The van der Waals surface area contributed by atoms with Gasteiger partial charge in [-0.2, -0.15) is 0 Å². The van der Waals surface area contributed by atoms with Gasteiger partial charge in [0.25, 0.3) is 0 Å². The van der Waals surface area contributed by atoms with E-state index in [1.165, 1.54) is 12.7 Å². The van der Waals surface area contributed by atoms with Gasteiger partial charge < -0.3 is 15.5 Å². The molecule has 3 aromatic rings. The molecule has 3 N–H and O–H groups in total. The lowest BCUT2D eigenvalue weighted by Gasteiger charge is -2.04. The number of H-pyrrole nitrogens is 1. The molecular weight excluding hydrogens is 290 g/mol. The summed E-state index contributed by atoms with van der Waals surface area (Å²) in [6, 6.07) is 12.1. The van der Waals surface area contributed by atoms with Crippen molar-refractivity contribution in [3.05, 3.63) is 65.0 Å². The van der Waals surface area contributed by atoms with Crippen LogP contribution in [0.2, 0.25) is 0 Å². The van der Waals surface area contributed by atoms with Crippen molar-refractivity contribution >= 4 is 17.0 Å². The molecule has 118 valence electrons. The highest BCUT2D eigenvalue weighted by Gasteiger charge is 2.10. The Labute approximate surface area is 134 Å². The van der Waals surface area contributed by atoms with E-state index >= 15 is 0 Å². The van der Waals surface area contributed by atoms with Crippen LogP contribution in [0.15, 0.2) is 42.6 Å². The molecule has 0 bridgehead atoms. The van der Waals surface area contributed by atoms with Crippen LogP contribution in [-0.4, -0.2) is 23.0 Å². The maximum atomic E-state index is 11.5. The first-order chi connectivity index (χ1) is 11.2. The number of rotatable bonds is 5. The molecule has 0 saturated heterocycles. The molecule has 0 spiro atoms. The molecule has 0 unspecified atom stereocenters. The molecule has 5 nitrogen and oxygen atoms in total. The van der Waals surface area contributed by atoms with Crippen molar-refractivity contribution in [1.29, 1.82) is 0 Å². The number of aromatic amines is 1. The number of esters is 1. The lowest BCUT2D eigenvalue weighted by atomic mass is 10.0.